The minimum absolute atomic E-state index is 0.149. The van der Waals surface area contributed by atoms with Crippen LogP contribution in [0, 0.1) is 5.82 Å². The Kier molecular flexibility index (Phi) is 4.32. The maximum Gasteiger partial charge on any atom is 0.258 e. The van der Waals surface area contributed by atoms with E-state index in [4.69, 9.17) is 5.73 Å². The molecule has 0 aliphatic rings. The van der Waals surface area contributed by atoms with Gasteiger partial charge in [-0.2, -0.15) is 0 Å². The van der Waals surface area contributed by atoms with E-state index in [-0.39, 0.29) is 12.1 Å². The summed E-state index contributed by atoms with van der Waals surface area (Å²) in [6.45, 7) is 0.149. The molecule has 0 radical (unpaired) electrons. The summed E-state index contributed by atoms with van der Waals surface area (Å²) in [5.41, 5.74) is 6.42. The van der Waals surface area contributed by atoms with E-state index in [2.05, 4.69) is 5.32 Å². The Balaban J connectivity index is 2.03. The number of nitrogens with two attached hydrogens (primary N) is 1. The van der Waals surface area contributed by atoms with Crippen molar-refractivity contribution in [3.8, 4) is 5.75 Å². The number of hydrogen-bond acceptors (Lipinski definition) is 3. The molecule has 4 nitrogen and oxygen atoms in total. The highest BCUT2D eigenvalue weighted by molar-refractivity contribution is 5.97. The molecule has 0 fully saturated rings. The van der Waals surface area contributed by atoms with Gasteiger partial charge in [0.15, 0.2) is 0 Å². The Bertz CT molecular complexity index is 582. The lowest BCUT2D eigenvalue weighted by Gasteiger charge is -2.13. The number of phenolic OH excluding ortho intramolecular Hbond substituents is 1. The normalized spacial score (nSPS) is 11.9. The van der Waals surface area contributed by atoms with Crippen LogP contribution in [0.2, 0.25) is 0 Å². The Labute approximate surface area is 116 Å². The summed E-state index contributed by atoms with van der Waals surface area (Å²) in [6.07, 6.45) is 0. The van der Waals surface area contributed by atoms with Gasteiger partial charge in [0.05, 0.1) is 0 Å². The number of benzene rings is 2. The first kappa shape index (κ1) is 14.0. The van der Waals surface area contributed by atoms with Crippen LogP contribution in [0.25, 0.3) is 0 Å². The van der Waals surface area contributed by atoms with Gasteiger partial charge in [-0.1, -0.05) is 36.4 Å². The van der Waals surface area contributed by atoms with Gasteiger partial charge in [0.1, 0.15) is 17.1 Å². The summed E-state index contributed by atoms with van der Waals surface area (Å²) in [5, 5.41) is 12.0. The highest BCUT2D eigenvalue weighted by atomic mass is 19.1. The van der Waals surface area contributed by atoms with Gasteiger partial charge in [0.25, 0.3) is 5.91 Å². The van der Waals surface area contributed by atoms with Crippen molar-refractivity contribution < 1.29 is 14.3 Å². The van der Waals surface area contributed by atoms with Crippen LogP contribution in [0.1, 0.15) is 22.0 Å². The molecule has 0 saturated heterocycles. The van der Waals surface area contributed by atoms with E-state index in [0.29, 0.717) is 0 Å². The molecule has 4 N–H and O–H groups in total. The maximum absolute atomic E-state index is 13.5. The van der Waals surface area contributed by atoms with Gasteiger partial charge in [0.2, 0.25) is 0 Å². The maximum atomic E-state index is 13.5. The smallest absolute Gasteiger partial charge is 0.258 e. The molecular formula is C15H15FN2O2. The molecule has 0 bridgehead atoms. The lowest BCUT2D eigenvalue weighted by molar-refractivity contribution is 0.0944. The number of halogens is 1. The summed E-state index contributed by atoms with van der Waals surface area (Å²) in [5.74, 6) is -1.85. The van der Waals surface area contributed by atoms with E-state index < -0.39 is 23.5 Å². The highest BCUT2D eigenvalue weighted by Gasteiger charge is 2.17. The molecule has 0 aliphatic carbocycles. The second-order valence-corrected chi connectivity index (χ2v) is 4.36. The number of rotatable bonds is 4. The first-order valence-electron chi connectivity index (χ1n) is 6.16. The monoisotopic (exact) mass is 274 g/mol. The predicted molar refractivity (Wildman–Crippen MR) is 73.8 cm³/mol. The highest BCUT2D eigenvalue weighted by Crippen LogP contribution is 2.19. The molecule has 1 amide bonds. The fourth-order valence-electron chi connectivity index (χ4n) is 1.85. The molecule has 0 aliphatic heterocycles. The zero-order chi connectivity index (χ0) is 14.5. The third-order valence-electron chi connectivity index (χ3n) is 2.93. The van der Waals surface area contributed by atoms with E-state index in [1.807, 2.05) is 30.3 Å². The van der Waals surface area contributed by atoms with Gasteiger partial charge in [0, 0.05) is 12.6 Å². The van der Waals surface area contributed by atoms with Crippen LogP contribution in [0.3, 0.4) is 0 Å². The molecule has 5 heteroatoms. The quantitative estimate of drug-likeness (QED) is 0.797. The van der Waals surface area contributed by atoms with Crippen molar-refractivity contribution in [2.75, 3.05) is 6.54 Å². The fourth-order valence-corrected chi connectivity index (χ4v) is 1.85. The third-order valence-corrected chi connectivity index (χ3v) is 2.93. The SMILES string of the molecule is NC(CNC(=O)c1c(O)cccc1F)c1ccccc1. The van der Waals surface area contributed by atoms with Crippen molar-refractivity contribution in [1.82, 2.24) is 5.32 Å². The van der Waals surface area contributed by atoms with Crippen molar-refractivity contribution >= 4 is 5.91 Å². The number of amides is 1. The van der Waals surface area contributed by atoms with E-state index in [1.165, 1.54) is 12.1 Å². The first-order valence-corrected chi connectivity index (χ1v) is 6.16. The van der Waals surface area contributed by atoms with Crippen molar-refractivity contribution in [2.24, 2.45) is 5.73 Å². The molecule has 0 spiro atoms. The van der Waals surface area contributed by atoms with Crippen LogP contribution in [-0.4, -0.2) is 17.6 Å². The summed E-state index contributed by atoms with van der Waals surface area (Å²) in [6, 6.07) is 12.6. The van der Waals surface area contributed by atoms with E-state index in [9.17, 15) is 14.3 Å². The van der Waals surface area contributed by atoms with Crippen molar-refractivity contribution in [1.29, 1.82) is 0 Å². The van der Waals surface area contributed by atoms with Crippen LogP contribution in [0.15, 0.2) is 48.5 Å². The number of carbonyl (C=O) groups excluding carboxylic acids is 1. The average Bonchev–Trinajstić information content (AvgIpc) is 2.45. The van der Waals surface area contributed by atoms with Crippen LogP contribution in [-0.2, 0) is 0 Å². The van der Waals surface area contributed by atoms with Crippen molar-refractivity contribution in [2.45, 2.75) is 6.04 Å². The minimum atomic E-state index is -0.768. The molecule has 0 aromatic heterocycles. The van der Waals surface area contributed by atoms with Gasteiger partial charge >= 0.3 is 0 Å². The fraction of sp³-hybridized carbons (Fsp3) is 0.133. The summed E-state index contributed by atoms with van der Waals surface area (Å²) < 4.78 is 13.5. The number of phenols is 1. The lowest BCUT2D eigenvalue weighted by atomic mass is 10.1. The van der Waals surface area contributed by atoms with Crippen molar-refractivity contribution in [3.05, 3.63) is 65.5 Å². The molecule has 0 heterocycles. The molecule has 1 unspecified atom stereocenters. The number of hydrogen-bond donors (Lipinski definition) is 3. The molecule has 20 heavy (non-hydrogen) atoms. The molecule has 104 valence electrons. The van der Waals surface area contributed by atoms with E-state index >= 15 is 0 Å². The Morgan fingerprint density at radius 1 is 1.20 bits per heavy atom. The molecule has 1 atom stereocenters. The predicted octanol–water partition coefficient (Wildman–Crippen LogP) is 1.96. The topological polar surface area (TPSA) is 75.3 Å². The van der Waals surface area contributed by atoms with Gasteiger partial charge in [-0.15, -0.1) is 0 Å². The summed E-state index contributed by atoms with van der Waals surface area (Å²) in [7, 11) is 0. The Morgan fingerprint density at radius 3 is 2.55 bits per heavy atom. The second kappa shape index (κ2) is 6.16. The Hall–Kier alpha value is -2.40. The first-order chi connectivity index (χ1) is 9.59. The zero-order valence-electron chi connectivity index (χ0n) is 10.7. The Morgan fingerprint density at radius 2 is 1.90 bits per heavy atom. The molecule has 2 aromatic carbocycles. The largest absolute Gasteiger partial charge is 0.507 e. The van der Waals surface area contributed by atoms with Crippen LogP contribution < -0.4 is 11.1 Å². The summed E-state index contributed by atoms with van der Waals surface area (Å²) in [4.78, 5) is 11.9. The standard InChI is InChI=1S/C15H15FN2O2/c16-11-7-4-8-13(19)14(11)15(20)18-9-12(17)10-5-2-1-3-6-10/h1-8,12,19H,9,17H2,(H,18,20). The number of aromatic hydroxyl groups is 1. The minimum Gasteiger partial charge on any atom is -0.507 e. The van der Waals surface area contributed by atoms with Gasteiger partial charge in [-0.25, -0.2) is 4.39 Å². The second-order valence-electron chi connectivity index (χ2n) is 4.36. The van der Waals surface area contributed by atoms with E-state index in [0.717, 1.165) is 11.6 Å². The van der Waals surface area contributed by atoms with Gasteiger partial charge in [-0.3, -0.25) is 4.79 Å². The number of nitrogens with one attached hydrogen (secondary N) is 1. The van der Waals surface area contributed by atoms with Crippen LogP contribution >= 0.6 is 0 Å². The third kappa shape index (κ3) is 3.13. The summed E-state index contributed by atoms with van der Waals surface area (Å²) >= 11 is 0. The molecule has 0 saturated carbocycles. The number of carbonyl (C=O) groups is 1. The molecule has 2 aromatic rings. The van der Waals surface area contributed by atoms with Crippen LogP contribution in [0.5, 0.6) is 5.75 Å². The van der Waals surface area contributed by atoms with Gasteiger partial charge < -0.3 is 16.2 Å². The average molecular weight is 274 g/mol. The van der Waals surface area contributed by atoms with Crippen molar-refractivity contribution in [3.63, 3.8) is 0 Å². The molecule has 2 rings (SSSR count). The lowest BCUT2D eigenvalue weighted by Crippen LogP contribution is -2.32. The zero-order valence-corrected chi connectivity index (χ0v) is 10.7. The molecular weight excluding hydrogens is 259 g/mol. The van der Waals surface area contributed by atoms with Gasteiger partial charge in [-0.05, 0) is 17.7 Å². The van der Waals surface area contributed by atoms with Crippen LogP contribution in [0.4, 0.5) is 4.39 Å². The van der Waals surface area contributed by atoms with E-state index in [1.54, 1.807) is 0 Å².